The van der Waals surface area contributed by atoms with Gasteiger partial charge < -0.3 is 19.9 Å². The lowest BCUT2D eigenvalue weighted by atomic mass is 9.98. The SMILES string of the molecule is CC1=C[C@@]2(Nc3ccccc3O2)C(=C(C)O)C(=O)O1. The summed E-state index contributed by atoms with van der Waals surface area (Å²) in [4.78, 5) is 12.0. The van der Waals surface area contributed by atoms with E-state index in [0.717, 1.165) is 5.69 Å². The minimum absolute atomic E-state index is 0.0642. The first-order valence-corrected chi connectivity index (χ1v) is 5.90. The standard InChI is InChI=1S/C14H13NO4/c1-8-7-14(12(9(2)16)13(17)18-8)15-10-5-3-4-6-11(10)19-14/h3-7,15-16H,1-2H3/t14-/m0/s1. The second kappa shape index (κ2) is 3.78. The molecule has 19 heavy (non-hydrogen) atoms. The van der Waals surface area contributed by atoms with E-state index in [9.17, 15) is 9.90 Å². The van der Waals surface area contributed by atoms with E-state index in [0.29, 0.717) is 11.5 Å². The van der Waals surface area contributed by atoms with Gasteiger partial charge in [0.15, 0.2) is 0 Å². The zero-order valence-electron chi connectivity index (χ0n) is 10.6. The van der Waals surface area contributed by atoms with Crippen LogP contribution >= 0.6 is 0 Å². The number of hydrogen-bond acceptors (Lipinski definition) is 5. The number of benzene rings is 1. The fourth-order valence-corrected chi connectivity index (χ4v) is 2.39. The van der Waals surface area contributed by atoms with Gasteiger partial charge in [0.05, 0.1) is 5.69 Å². The van der Waals surface area contributed by atoms with Gasteiger partial charge in [-0.15, -0.1) is 0 Å². The van der Waals surface area contributed by atoms with Crippen LogP contribution in [0.5, 0.6) is 5.75 Å². The molecule has 0 amide bonds. The lowest BCUT2D eigenvalue weighted by Gasteiger charge is -2.31. The monoisotopic (exact) mass is 259 g/mol. The van der Waals surface area contributed by atoms with Crippen LogP contribution < -0.4 is 10.1 Å². The van der Waals surface area contributed by atoms with Gasteiger partial charge in [0.2, 0.25) is 5.72 Å². The van der Waals surface area contributed by atoms with Gasteiger partial charge in [-0.05, 0) is 26.0 Å². The topological polar surface area (TPSA) is 67.8 Å². The van der Waals surface area contributed by atoms with Crippen LogP contribution in [0.1, 0.15) is 13.8 Å². The van der Waals surface area contributed by atoms with Crippen LogP contribution in [0.3, 0.4) is 0 Å². The Morgan fingerprint density at radius 2 is 2.11 bits per heavy atom. The van der Waals surface area contributed by atoms with Crippen LogP contribution in [0.25, 0.3) is 0 Å². The third-order valence-corrected chi connectivity index (χ3v) is 3.08. The Morgan fingerprint density at radius 3 is 2.79 bits per heavy atom. The highest BCUT2D eigenvalue weighted by Gasteiger charge is 2.49. The summed E-state index contributed by atoms with van der Waals surface area (Å²) < 4.78 is 10.9. The predicted molar refractivity (Wildman–Crippen MR) is 68.6 cm³/mol. The van der Waals surface area contributed by atoms with E-state index in [1.165, 1.54) is 6.92 Å². The van der Waals surface area contributed by atoms with Crippen LogP contribution in [-0.2, 0) is 9.53 Å². The Bertz CT molecular complexity index is 601. The van der Waals surface area contributed by atoms with E-state index in [-0.39, 0.29) is 11.3 Å². The number of para-hydroxylation sites is 2. The molecule has 1 aromatic carbocycles. The number of carbonyl (C=O) groups is 1. The second-order valence-corrected chi connectivity index (χ2v) is 4.56. The number of rotatable bonds is 0. The normalized spacial score (nSPS) is 27.1. The highest BCUT2D eigenvalue weighted by atomic mass is 16.6. The van der Waals surface area contributed by atoms with Gasteiger partial charge in [0.1, 0.15) is 22.8 Å². The highest BCUT2D eigenvalue weighted by Crippen LogP contribution is 2.43. The van der Waals surface area contributed by atoms with Gasteiger partial charge >= 0.3 is 5.97 Å². The number of cyclic esters (lactones) is 1. The van der Waals surface area contributed by atoms with E-state index in [4.69, 9.17) is 9.47 Å². The highest BCUT2D eigenvalue weighted by molar-refractivity contribution is 5.95. The van der Waals surface area contributed by atoms with E-state index in [1.807, 2.05) is 18.2 Å². The van der Waals surface area contributed by atoms with Crippen molar-refractivity contribution < 1.29 is 19.4 Å². The summed E-state index contributed by atoms with van der Waals surface area (Å²) in [5, 5.41) is 12.9. The molecule has 0 saturated heterocycles. The first kappa shape index (κ1) is 11.6. The third kappa shape index (κ3) is 1.66. The largest absolute Gasteiger partial charge is 0.512 e. The zero-order chi connectivity index (χ0) is 13.6. The number of ether oxygens (including phenoxy) is 2. The van der Waals surface area contributed by atoms with E-state index in [2.05, 4.69) is 5.32 Å². The van der Waals surface area contributed by atoms with Crippen LogP contribution in [-0.4, -0.2) is 16.8 Å². The fourth-order valence-electron chi connectivity index (χ4n) is 2.39. The molecule has 1 atom stereocenters. The molecule has 5 heteroatoms. The Kier molecular flexibility index (Phi) is 2.32. The molecule has 0 bridgehead atoms. The number of fused-ring (bicyclic) bond motifs is 1. The number of allylic oxidation sites excluding steroid dienone is 2. The Morgan fingerprint density at radius 1 is 1.37 bits per heavy atom. The number of aliphatic hydroxyl groups excluding tert-OH is 1. The lowest BCUT2D eigenvalue weighted by Crippen LogP contribution is -2.47. The molecule has 3 rings (SSSR count). The number of esters is 1. The lowest BCUT2D eigenvalue weighted by molar-refractivity contribution is -0.138. The Balaban J connectivity index is 2.16. The minimum Gasteiger partial charge on any atom is -0.512 e. The maximum atomic E-state index is 12.0. The average molecular weight is 259 g/mol. The molecule has 0 fully saturated rings. The first-order chi connectivity index (χ1) is 9.02. The maximum absolute atomic E-state index is 12.0. The van der Waals surface area contributed by atoms with Crippen molar-refractivity contribution in [2.45, 2.75) is 19.6 Å². The number of carbonyl (C=O) groups excluding carboxylic acids is 1. The molecule has 0 saturated carbocycles. The molecule has 0 unspecified atom stereocenters. The van der Waals surface area contributed by atoms with Crippen molar-refractivity contribution in [3.8, 4) is 5.75 Å². The van der Waals surface area contributed by atoms with Crippen LogP contribution in [0.4, 0.5) is 5.69 Å². The number of nitrogens with one attached hydrogen (secondary N) is 1. The van der Waals surface area contributed by atoms with Gasteiger partial charge in [-0.1, -0.05) is 12.1 Å². The summed E-state index contributed by atoms with van der Waals surface area (Å²) in [6, 6.07) is 7.34. The van der Waals surface area contributed by atoms with Crippen molar-refractivity contribution in [1.82, 2.24) is 0 Å². The van der Waals surface area contributed by atoms with Crippen molar-refractivity contribution in [3.05, 3.63) is 47.4 Å². The van der Waals surface area contributed by atoms with Crippen molar-refractivity contribution in [2.24, 2.45) is 0 Å². The second-order valence-electron chi connectivity index (χ2n) is 4.56. The summed E-state index contributed by atoms with van der Waals surface area (Å²) in [5.41, 5.74) is -0.364. The molecule has 5 nitrogen and oxygen atoms in total. The molecule has 1 spiro atoms. The minimum atomic E-state index is -1.19. The van der Waals surface area contributed by atoms with Gasteiger partial charge in [0, 0.05) is 6.08 Å². The number of anilines is 1. The van der Waals surface area contributed by atoms with Gasteiger partial charge in [-0.25, -0.2) is 4.79 Å². The van der Waals surface area contributed by atoms with Crippen molar-refractivity contribution in [1.29, 1.82) is 0 Å². The predicted octanol–water partition coefficient (Wildman–Crippen LogP) is 2.48. The molecule has 2 aliphatic heterocycles. The molecule has 2 aliphatic rings. The molecule has 2 heterocycles. The summed E-state index contributed by atoms with van der Waals surface area (Å²) in [6.07, 6.45) is 1.64. The Hall–Kier alpha value is -2.43. The van der Waals surface area contributed by atoms with Crippen molar-refractivity contribution in [2.75, 3.05) is 5.32 Å². The maximum Gasteiger partial charge on any atom is 0.349 e. The molecule has 2 N–H and O–H groups in total. The number of aliphatic hydroxyl groups is 1. The zero-order valence-corrected chi connectivity index (χ0v) is 10.6. The van der Waals surface area contributed by atoms with Gasteiger partial charge in [-0.3, -0.25) is 0 Å². The smallest absolute Gasteiger partial charge is 0.349 e. The molecular weight excluding hydrogens is 246 g/mol. The van der Waals surface area contributed by atoms with Crippen molar-refractivity contribution in [3.63, 3.8) is 0 Å². The molecule has 0 radical (unpaired) electrons. The quantitative estimate of drug-likeness (QED) is 0.425. The average Bonchev–Trinajstić information content (AvgIpc) is 2.64. The molecule has 0 aromatic heterocycles. The summed E-state index contributed by atoms with van der Waals surface area (Å²) >= 11 is 0. The van der Waals surface area contributed by atoms with Crippen molar-refractivity contribution >= 4 is 11.7 Å². The summed E-state index contributed by atoms with van der Waals surface area (Å²) in [7, 11) is 0. The third-order valence-electron chi connectivity index (χ3n) is 3.08. The molecule has 1 aromatic rings. The van der Waals surface area contributed by atoms with E-state index in [1.54, 1.807) is 19.1 Å². The molecule has 98 valence electrons. The van der Waals surface area contributed by atoms with Crippen LogP contribution in [0, 0.1) is 0 Å². The van der Waals surface area contributed by atoms with Crippen LogP contribution in [0.2, 0.25) is 0 Å². The molecule has 0 aliphatic carbocycles. The first-order valence-electron chi connectivity index (χ1n) is 5.90. The van der Waals surface area contributed by atoms with Crippen LogP contribution in [0.15, 0.2) is 47.4 Å². The fraction of sp³-hybridized carbons (Fsp3) is 0.214. The summed E-state index contributed by atoms with van der Waals surface area (Å²) in [5.74, 6) is 0.310. The molecular formula is C14H13NO4. The Labute approximate surface area is 110 Å². The van der Waals surface area contributed by atoms with Gasteiger partial charge in [0.25, 0.3) is 0 Å². The van der Waals surface area contributed by atoms with Gasteiger partial charge in [-0.2, -0.15) is 0 Å². The number of hydrogen-bond donors (Lipinski definition) is 2. The van der Waals surface area contributed by atoms with E-state index >= 15 is 0 Å². The summed E-state index contributed by atoms with van der Waals surface area (Å²) in [6.45, 7) is 3.10. The van der Waals surface area contributed by atoms with E-state index < -0.39 is 11.7 Å².